The molecule has 0 saturated carbocycles. The van der Waals surface area contributed by atoms with Crippen LogP contribution in [-0.2, 0) is 6.54 Å². The summed E-state index contributed by atoms with van der Waals surface area (Å²) in [5, 5.41) is 8.39. The van der Waals surface area contributed by atoms with Crippen LogP contribution < -0.4 is 9.47 Å². The minimum Gasteiger partial charge on any atom is -0.497 e. The third-order valence-corrected chi connectivity index (χ3v) is 4.39. The third kappa shape index (κ3) is 4.03. The predicted molar refractivity (Wildman–Crippen MR) is 99.2 cm³/mol. The lowest BCUT2D eigenvalue weighted by atomic mass is 10.2. The summed E-state index contributed by atoms with van der Waals surface area (Å²) in [7, 11) is 5.34. The molecule has 0 fully saturated rings. The number of hydrogen-bond donors (Lipinski definition) is 0. The fraction of sp³-hybridized carbons (Fsp3) is 0.300. The number of aromatic nitrogens is 2. The van der Waals surface area contributed by atoms with Gasteiger partial charge < -0.3 is 13.9 Å². The molecule has 26 heavy (non-hydrogen) atoms. The van der Waals surface area contributed by atoms with Gasteiger partial charge >= 0.3 is 0 Å². The van der Waals surface area contributed by atoms with Crippen LogP contribution in [0.2, 0.25) is 0 Å². The largest absolute Gasteiger partial charge is 0.497 e. The van der Waals surface area contributed by atoms with Crippen LogP contribution in [0.4, 0.5) is 0 Å². The van der Waals surface area contributed by atoms with Crippen LogP contribution in [-0.4, -0.2) is 36.4 Å². The maximum atomic E-state index is 5.88. The molecule has 0 amide bonds. The van der Waals surface area contributed by atoms with Gasteiger partial charge in [0.15, 0.2) is 0 Å². The second-order valence-corrected chi connectivity index (χ2v) is 6.11. The first-order chi connectivity index (χ1) is 12.6. The standard InChI is InChI=1S/C20H23N3O3/c1-14(23(2)13-15-5-9-17(24-3)10-6-15)19-21-22-20(26-19)16-7-11-18(25-4)12-8-16/h5-12,14H,13H2,1-4H3. The fourth-order valence-electron chi connectivity index (χ4n) is 2.60. The Bertz CT molecular complexity index is 828. The minimum absolute atomic E-state index is 0.00315. The molecule has 0 aliphatic rings. The Morgan fingerprint density at radius 2 is 1.50 bits per heavy atom. The molecule has 6 heteroatoms. The summed E-state index contributed by atoms with van der Waals surface area (Å²) in [6.07, 6.45) is 0. The molecule has 0 bridgehead atoms. The van der Waals surface area contributed by atoms with E-state index < -0.39 is 0 Å². The molecule has 1 unspecified atom stereocenters. The molecule has 1 aromatic heterocycles. The number of benzene rings is 2. The van der Waals surface area contributed by atoms with Crippen molar-refractivity contribution in [3.05, 3.63) is 60.0 Å². The Kier molecular flexibility index (Phi) is 5.53. The SMILES string of the molecule is COc1ccc(CN(C)C(C)c2nnc(-c3ccc(OC)cc3)o2)cc1. The maximum Gasteiger partial charge on any atom is 0.247 e. The van der Waals surface area contributed by atoms with Crippen LogP contribution in [0.25, 0.3) is 11.5 Å². The molecule has 0 aliphatic carbocycles. The number of methoxy groups -OCH3 is 2. The highest BCUT2D eigenvalue weighted by atomic mass is 16.5. The number of ether oxygens (including phenoxy) is 2. The smallest absolute Gasteiger partial charge is 0.247 e. The molecule has 1 heterocycles. The number of rotatable bonds is 7. The van der Waals surface area contributed by atoms with Crippen molar-refractivity contribution in [1.29, 1.82) is 0 Å². The van der Waals surface area contributed by atoms with Crippen molar-refractivity contribution in [2.75, 3.05) is 21.3 Å². The average molecular weight is 353 g/mol. The van der Waals surface area contributed by atoms with Gasteiger partial charge in [-0.25, -0.2) is 0 Å². The summed E-state index contributed by atoms with van der Waals surface area (Å²) in [5.41, 5.74) is 2.06. The Hall–Kier alpha value is -2.86. The summed E-state index contributed by atoms with van der Waals surface area (Å²) < 4.78 is 16.2. The van der Waals surface area contributed by atoms with E-state index in [2.05, 4.69) is 34.2 Å². The van der Waals surface area contributed by atoms with E-state index in [0.29, 0.717) is 11.8 Å². The molecular weight excluding hydrogens is 330 g/mol. The quantitative estimate of drug-likeness (QED) is 0.641. The lowest BCUT2D eigenvalue weighted by Crippen LogP contribution is -2.22. The molecule has 6 nitrogen and oxygen atoms in total. The van der Waals surface area contributed by atoms with E-state index in [-0.39, 0.29) is 6.04 Å². The summed E-state index contributed by atoms with van der Waals surface area (Å²) >= 11 is 0. The molecule has 3 aromatic rings. The Morgan fingerprint density at radius 3 is 2.08 bits per heavy atom. The van der Waals surface area contributed by atoms with Crippen LogP contribution in [0.5, 0.6) is 11.5 Å². The van der Waals surface area contributed by atoms with Gasteiger partial charge in [-0.05, 0) is 55.9 Å². The molecule has 0 radical (unpaired) electrons. The van der Waals surface area contributed by atoms with Crippen LogP contribution in [0.1, 0.15) is 24.4 Å². The molecule has 2 aromatic carbocycles. The van der Waals surface area contributed by atoms with Gasteiger partial charge in [0.05, 0.1) is 20.3 Å². The van der Waals surface area contributed by atoms with Crippen molar-refractivity contribution in [3.63, 3.8) is 0 Å². The normalized spacial score (nSPS) is 12.2. The van der Waals surface area contributed by atoms with Gasteiger partial charge in [0.25, 0.3) is 0 Å². The molecule has 3 rings (SSSR count). The number of nitrogens with zero attached hydrogens (tertiary/aromatic N) is 3. The lowest BCUT2D eigenvalue weighted by Gasteiger charge is -2.21. The Balaban J connectivity index is 1.68. The van der Waals surface area contributed by atoms with Crippen LogP contribution in [0.3, 0.4) is 0 Å². The lowest BCUT2D eigenvalue weighted by molar-refractivity contribution is 0.218. The molecule has 0 N–H and O–H groups in total. The van der Waals surface area contributed by atoms with Gasteiger partial charge in [0.1, 0.15) is 11.5 Å². The van der Waals surface area contributed by atoms with E-state index in [9.17, 15) is 0 Å². The molecule has 136 valence electrons. The van der Waals surface area contributed by atoms with Crippen LogP contribution >= 0.6 is 0 Å². The molecule has 0 aliphatic heterocycles. The summed E-state index contributed by atoms with van der Waals surface area (Å²) in [6, 6.07) is 15.6. The highest BCUT2D eigenvalue weighted by Crippen LogP contribution is 2.25. The zero-order valence-corrected chi connectivity index (χ0v) is 15.5. The first kappa shape index (κ1) is 17.9. The molecular formula is C20H23N3O3. The van der Waals surface area contributed by atoms with E-state index in [1.54, 1.807) is 14.2 Å². The highest BCUT2D eigenvalue weighted by molar-refractivity contribution is 5.53. The van der Waals surface area contributed by atoms with Crippen molar-refractivity contribution >= 4 is 0 Å². The number of hydrogen-bond acceptors (Lipinski definition) is 6. The van der Waals surface area contributed by atoms with Crippen molar-refractivity contribution in [3.8, 4) is 23.0 Å². The predicted octanol–water partition coefficient (Wildman–Crippen LogP) is 3.95. The summed E-state index contributed by atoms with van der Waals surface area (Å²) in [5.74, 6) is 2.74. The van der Waals surface area contributed by atoms with Gasteiger partial charge in [0.2, 0.25) is 11.8 Å². The Morgan fingerprint density at radius 1 is 0.923 bits per heavy atom. The van der Waals surface area contributed by atoms with Crippen LogP contribution in [0, 0.1) is 0 Å². The molecule has 0 spiro atoms. The van der Waals surface area contributed by atoms with Crippen molar-refractivity contribution in [2.24, 2.45) is 0 Å². The topological polar surface area (TPSA) is 60.6 Å². The first-order valence-electron chi connectivity index (χ1n) is 8.41. The van der Waals surface area contributed by atoms with E-state index in [4.69, 9.17) is 13.9 Å². The van der Waals surface area contributed by atoms with Crippen molar-refractivity contribution < 1.29 is 13.9 Å². The fourth-order valence-corrected chi connectivity index (χ4v) is 2.60. The van der Waals surface area contributed by atoms with E-state index in [0.717, 1.165) is 23.6 Å². The summed E-state index contributed by atoms with van der Waals surface area (Å²) in [4.78, 5) is 2.16. The van der Waals surface area contributed by atoms with Crippen molar-refractivity contribution in [2.45, 2.75) is 19.5 Å². The van der Waals surface area contributed by atoms with E-state index in [1.165, 1.54) is 5.56 Å². The minimum atomic E-state index is -0.00315. The maximum absolute atomic E-state index is 5.88. The highest BCUT2D eigenvalue weighted by Gasteiger charge is 2.19. The van der Waals surface area contributed by atoms with Crippen molar-refractivity contribution in [1.82, 2.24) is 15.1 Å². The zero-order chi connectivity index (χ0) is 18.5. The van der Waals surface area contributed by atoms with Gasteiger partial charge in [0, 0.05) is 12.1 Å². The van der Waals surface area contributed by atoms with Gasteiger partial charge in [-0.2, -0.15) is 0 Å². The molecule has 0 saturated heterocycles. The summed E-state index contributed by atoms with van der Waals surface area (Å²) in [6.45, 7) is 2.82. The zero-order valence-electron chi connectivity index (χ0n) is 15.5. The third-order valence-electron chi connectivity index (χ3n) is 4.39. The molecule has 1 atom stereocenters. The van der Waals surface area contributed by atoms with Gasteiger partial charge in [-0.1, -0.05) is 12.1 Å². The van der Waals surface area contributed by atoms with Gasteiger partial charge in [-0.3, -0.25) is 4.90 Å². The van der Waals surface area contributed by atoms with E-state index >= 15 is 0 Å². The average Bonchev–Trinajstić information content (AvgIpc) is 3.18. The first-order valence-corrected chi connectivity index (χ1v) is 8.41. The second kappa shape index (κ2) is 8.01. The monoisotopic (exact) mass is 353 g/mol. The van der Waals surface area contributed by atoms with Gasteiger partial charge in [-0.15, -0.1) is 10.2 Å². The Labute approximate surface area is 153 Å². The van der Waals surface area contributed by atoms with Crippen LogP contribution in [0.15, 0.2) is 52.9 Å². The second-order valence-electron chi connectivity index (χ2n) is 6.11. The van der Waals surface area contributed by atoms with E-state index in [1.807, 2.05) is 43.4 Å².